The Morgan fingerprint density at radius 3 is 2.09 bits per heavy atom. The van der Waals surface area contributed by atoms with Crippen molar-refractivity contribution >= 4 is 5.69 Å². The van der Waals surface area contributed by atoms with E-state index in [1.165, 1.54) is 12.1 Å². The number of hydrogen-bond acceptors (Lipinski definition) is 5. The van der Waals surface area contributed by atoms with E-state index in [-0.39, 0.29) is 17.3 Å². The lowest BCUT2D eigenvalue weighted by Crippen LogP contribution is -1.90. The molecule has 3 rings (SSSR count). The van der Waals surface area contributed by atoms with Gasteiger partial charge in [0, 0.05) is 6.07 Å². The number of H-pyrrole nitrogens is 1. The minimum Gasteiger partial charge on any atom is -0.502 e. The van der Waals surface area contributed by atoms with Crippen LogP contribution >= 0.6 is 0 Å². The van der Waals surface area contributed by atoms with E-state index in [4.69, 9.17) is 0 Å². The molecular formula is C16H12N2O5. The SMILES string of the molecule is O=[N+]([O-])c1cc(-c2c(O)[nH]c(O)c2-c2ccccc2)ccc1O. The molecule has 0 fully saturated rings. The van der Waals surface area contributed by atoms with E-state index in [2.05, 4.69) is 4.98 Å². The molecule has 3 aromatic rings. The Bertz CT molecular complexity index is 887. The predicted molar refractivity (Wildman–Crippen MR) is 83.3 cm³/mol. The summed E-state index contributed by atoms with van der Waals surface area (Å²) in [5.41, 5.74) is 0.983. The van der Waals surface area contributed by atoms with Crippen molar-refractivity contribution in [3.63, 3.8) is 0 Å². The van der Waals surface area contributed by atoms with Crippen molar-refractivity contribution in [2.24, 2.45) is 0 Å². The zero-order valence-electron chi connectivity index (χ0n) is 11.7. The maximum Gasteiger partial charge on any atom is 0.311 e. The summed E-state index contributed by atoms with van der Waals surface area (Å²) in [7, 11) is 0. The van der Waals surface area contributed by atoms with Gasteiger partial charge in [-0.05, 0) is 23.3 Å². The molecule has 2 aromatic carbocycles. The van der Waals surface area contributed by atoms with Gasteiger partial charge in [-0.2, -0.15) is 0 Å². The largest absolute Gasteiger partial charge is 0.502 e. The summed E-state index contributed by atoms with van der Waals surface area (Å²) in [5.74, 6) is -1.04. The molecule has 0 radical (unpaired) electrons. The molecule has 7 heteroatoms. The number of nitro benzene ring substituents is 1. The van der Waals surface area contributed by atoms with E-state index in [1.54, 1.807) is 30.3 Å². The van der Waals surface area contributed by atoms with Crippen LogP contribution in [-0.2, 0) is 0 Å². The van der Waals surface area contributed by atoms with Crippen LogP contribution in [0.1, 0.15) is 0 Å². The van der Waals surface area contributed by atoms with Crippen LogP contribution in [0.2, 0.25) is 0 Å². The molecule has 0 saturated heterocycles. The summed E-state index contributed by atoms with van der Waals surface area (Å²) in [5, 5.41) is 40.7. The van der Waals surface area contributed by atoms with Crippen LogP contribution in [0, 0.1) is 10.1 Å². The third-order valence-electron chi connectivity index (χ3n) is 3.48. The van der Waals surface area contributed by atoms with Crippen molar-refractivity contribution in [1.29, 1.82) is 0 Å². The molecule has 23 heavy (non-hydrogen) atoms. The summed E-state index contributed by atoms with van der Waals surface area (Å²) in [6.07, 6.45) is 0. The van der Waals surface area contributed by atoms with E-state index >= 15 is 0 Å². The summed E-state index contributed by atoms with van der Waals surface area (Å²) < 4.78 is 0. The summed E-state index contributed by atoms with van der Waals surface area (Å²) in [4.78, 5) is 12.7. The first kappa shape index (κ1) is 14.5. The summed E-state index contributed by atoms with van der Waals surface area (Å²) >= 11 is 0. The van der Waals surface area contributed by atoms with Crippen LogP contribution in [0.3, 0.4) is 0 Å². The number of aromatic nitrogens is 1. The summed E-state index contributed by atoms with van der Waals surface area (Å²) in [6, 6.07) is 12.6. The van der Waals surface area contributed by atoms with Gasteiger partial charge in [-0.3, -0.25) is 15.1 Å². The van der Waals surface area contributed by atoms with Gasteiger partial charge in [0.25, 0.3) is 0 Å². The molecule has 0 aliphatic heterocycles. The van der Waals surface area contributed by atoms with Crippen LogP contribution in [-0.4, -0.2) is 25.2 Å². The van der Waals surface area contributed by atoms with Gasteiger partial charge in [-0.15, -0.1) is 0 Å². The topological polar surface area (TPSA) is 120 Å². The van der Waals surface area contributed by atoms with Crippen LogP contribution in [0.25, 0.3) is 22.3 Å². The molecule has 0 saturated carbocycles. The zero-order chi connectivity index (χ0) is 16.6. The highest BCUT2D eigenvalue weighted by Crippen LogP contribution is 2.45. The molecule has 116 valence electrons. The third kappa shape index (κ3) is 2.44. The van der Waals surface area contributed by atoms with Crippen molar-refractivity contribution < 1.29 is 20.2 Å². The Balaban J connectivity index is 2.26. The molecule has 0 atom stereocenters. The molecule has 0 aliphatic rings. The van der Waals surface area contributed by atoms with Crippen LogP contribution < -0.4 is 0 Å². The first-order chi connectivity index (χ1) is 11.0. The van der Waals surface area contributed by atoms with Gasteiger partial charge in [-0.1, -0.05) is 30.3 Å². The second-order valence-corrected chi connectivity index (χ2v) is 4.90. The molecule has 0 bridgehead atoms. The van der Waals surface area contributed by atoms with E-state index in [1.807, 2.05) is 0 Å². The molecule has 0 spiro atoms. The summed E-state index contributed by atoms with van der Waals surface area (Å²) in [6.45, 7) is 0. The first-order valence-electron chi connectivity index (χ1n) is 6.66. The number of hydrogen-bond donors (Lipinski definition) is 4. The normalized spacial score (nSPS) is 10.6. The van der Waals surface area contributed by atoms with Crippen LogP contribution in [0.15, 0.2) is 48.5 Å². The van der Waals surface area contributed by atoms with Gasteiger partial charge in [-0.25, -0.2) is 0 Å². The van der Waals surface area contributed by atoms with Gasteiger partial charge >= 0.3 is 5.69 Å². The van der Waals surface area contributed by atoms with Crippen LogP contribution in [0.5, 0.6) is 17.5 Å². The van der Waals surface area contributed by atoms with Crippen molar-refractivity contribution in [2.75, 3.05) is 0 Å². The van der Waals surface area contributed by atoms with Crippen molar-refractivity contribution in [3.8, 4) is 39.8 Å². The van der Waals surface area contributed by atoms with Gasteiger partial charge < -0.3 is 15.3 Å². The lowest BCUT2D eigenvalue weighted by molar-refractivity contribution is -0.385. The van der Waals surface area contributed by atoms with E-state index in [0.29, 0.717) is 16.7 Å². The standard InChI is InChI=1S/C16H12N2O5/c19-12-7-6-10(8-11(12)18(22)23)14-13(15(20)17-16(14)21)9-4-2-1-3-5-9/h1-8,17,19-21H. The fourth-order valence-corrected chi connectivity index (χ4v) is 2.47. The zero-order valence-corrected chi connectivity index (χ0v) is 11.7. The Kier molecular flexibility index (Phi) is 3.38. The molecule has 7 nitrogen and oxygen atoms in total. The van der Waals surface area contributed by atoms with E-state index < -0.39 is 16.4 Å². The molecule has 0 amide bonds. The number of nitro groups is 1. The Labute approximate surface area is 130 Å². The number of rotatable bonds is 3. The van der Waals surface area contributed by atoms with Gasteiger partial charge in [0.1, 0.15) is 0 Å². The minimum absolute atomic E-state index is 0.219. The van der Waals surface area contributed by atoms with Crippen molar-refractivity contribution in [2.45, 2.75) is 0 Å². The average molecular weight is 312 g/mol. The third-order valence-corrected chi connectivity index (χ3v) is 3.48. The monoisotopic (exact) mass is 312 g/mol. The molecule has 1 aromatic heterocycles. The smallest absolute Gasteiger partial charge is 0.311 e. The lowest BCUT2D eigenvalue weighted by Gasteiger charge is -2.06. The predicted octanol–water partition coefficient (Wildman–Crippen LogP) is 3.37. The van der Waals surface area contributed by atoms with E-state index in [0.717, 1.165) is 6.07 Å². The second kappa shape index (κ2) is 5.38. The number of nitrogens with zero attached hydrogens (tertiary/aromatic N) is 1. The number of benzene rings is 2. The van der Waals surface area contributed by atoms with Crippen LogP contribution in [0.4, 0.5) is 5.69 Å². The maximum atomic E-state index is 11.0. The fraction of sp³-hybridized carbons (Fsp3) is 0. The molecule has 1 heterocycles. The maximum absolute atomic E-state index is 11.0. The molecule has 4 N–H and O–H groups in total. The molecule has 0 unspecified atom stereocenters. The number of phenols is 1. The fourth-order valence-electron chi connectivity index (χ4n) is 2.47. The Morgan fingerprint density at radius 2 is 1.48 bits per heavy atom. The number of aromatic amines is 1. The van der Waals surface area contributed by atoms with Gasteiger partial charge in [0.15, 0.2) is 17.5 Å². The average Bonchev–Trinajstić information content (AvgIpc) is 2.83. The van der Waals surface area contributed by atoms with Crippen molar-refractivity contribution in [3.05, 3.63) is 58.6 Å². The van der Waals surface area contributed by atoms with Gasteiger partial charge in [0.05, 0.1) is 16.1 Å². The minimum atomic E-state index is -0.718. The van der Waals surface area contributed by atoms with E-state index in [9.17, 15) is 25.4 Å². The molecule has 0 aliphatic carbocycles. The van der Waals surface area contributed by atoms with Crippen molar-refractivity contribution in [1.82, 2.24) is 4.98 Å². The Hall–Kier alpha value is -3.48. The Morgan fingerprint density at radius 1 is 0.870 bits per heavy atom. The number of aromatic hydroxyl groups is 3. The highest BCUT2D eigenvalue weighted by atomic mass is 16.6. The highest BCUT2D eigenvalue weighted by Gasteiger charge is 2.23. The quantitative estimate of drug-likeness (QED) is 0.436. The number of nitrogens with one attached hydrogen (secondary N) is 1. The highest BCUT2D eigenvalue weighted by molar-refractivity contribution is 5.91. The first-order valence-corrected chi connectivity index (χ1v) is 6.66. The number of phenolic OH excluding ortho intramolecular Hbond substituents is 1. The molecular weight excluding hydrogens is 300 g/mol. The van der Waals surface area contributed by atoms with Gasteiger partial charge in [0.2, 0.25) is 0 Å². The lowest BCUT2D eigenvalue weighted by atomic mass is 9.97. The second-order valence-electron chi connectivity index (χ2n) is 4.90.